The Bertz CT molecular complexity index is 973. The Morgan fingerprint density at radius 1 is 0.871 bits per heavy atom. The van der Waals surface area contributed by atoms with Gasteiger partial charge in [-0.1, -0.05) is 90.4 Å². The van der Waals surface area contributed by atoms with Gasteiger partial charge in [-0.05, 0) is 41.3 Å². The molecule has 1 amide bonds. The second kappa shape index (κ2) is 10.9. The Kier molecular flexibility index (Phi) is 8.00. The summed E-state index contributed by atoms with van der Waals surface area (Å²) in [5.41, 5.74) is 2.70. The first-order valence-electron chi connectivity index (χ1n) is 10.3. The molecule has 0 bridgehead atoms. The van der Waals surface area contributed by atoms with Gasteiger partial charge in [0.2, 0.25) is 0 Å². The van der Waals surface area contributed by atoms with Gasteiger partial charge in [-0.25, -0.2) is 5.01 Å². The molecule has 0 saturated carbocycles. The highest BCUT2D eigenvalue weighted by Crippen LogP contribution is 2.23. The summed E-state index contributed by atoms with van der Waals surface area (Å²) in [6.07, 6.45) is 0. The zero-order valence-electron chi connectivity index (χ0n) is 17.8. The SMILES string of the molecule is CC(C)[C@H](C#N)N(C(=O)c1ccc(Br)cc1)N(Cc1ccccc1)Cc1ccccc1. The Morgan fingerprint density at radius 3 is 1.77 bits per heavy atom. The highest BCUT2D eigenvalue weighted by Gasteiger charge is 2.32. The average molecular weight is 476 g/mol. The Morgan fingerprint density at radius 2 is 1.35 bits per heavy atom. The summed E-state index contributed by atoms with van der Waals surface area (Å²) >= 11 is 3.43. The minimum absolute atomic E-state index is 0.0292. The van der Waals surface area contributed by atoms with Gasteiger partial charge in [-0.3, -0.25) is 9.80 Å². The van der Waals surface area contributed by atoms with Gasteiger partial charge in [0.25, 0.3) is 5.91 Å². The molecule has 0 spiro atoms. The summed E-state index contributed by atoms with van der Waals surface area (Å²) in [5, 5.41) is 13.6. The van der Waals surface area contributed by atoms with Gasteiger partial charge in [0.15, 0.2) is 0 Å². The van der Waals surface area contributed by atoms with Gasteiger partial charge in [-0.2, -0.15) is 5.26 Å². The van der Waals surface area contributed by atoms with E-state index in [0.29, 0.717) is 18.7 Å². The number of hydrogen-bond donors (Lipinski definition) is 0. The van der Waals surface area contributed by atoms with Crippen LogP contribution in [0.4, 0.5) is 0 Å². The molecule has 0 saturated heterocycles. The standard InChI is InChI=1S/C26H26BrN3O/c1-20(2)25(17-28)30(26(31)23-13-15-24(27)16-14-23)29(18-21-9-5-3-6-10-21)19-22-11-7-4-8-12-22/h3-16,20,25H,18-19H2,1-2H3/t25-/m0/s1. The van der Waals surface area contributed by atoms with E-state index in [9.17, 15) is 10.1 Å². The fraction of sp³-hybridized carbons (Fsp3) is 0.231. The summed E-state index contributed by atoms with van der Waals surface area (Å²) in [6.45, 7) is 4.98. The molecule has 5 heteroatoms. The van der Waals surface area contributed by atoms with Crippen LogP contribution in [0.25, 0.3) is 0 Å². The topological polar surface area (TPSA) is 47.3 Å². The molecule has 0 aliphatic rings. The zero-order chi connectivity index (χ0) is 22.2. The molecule has 0 aromatic heterocycles. The molecule has 0 unspecified atom stereocenters. The molecule has 0 aliphatic heterocycles. The molecule has 0 heterocycles. The van der Waals surface area contributed by atoms with Crippen molar-refractivity contribution >= 4 is 21.8 Å². The van der Waals surface area contributed by atoms with Crippen molar-refractivity contribution in [2.75, 3.05) is 0 Å². The van der Waals surface area contributed by atoms with Crippen LogP contribution >= 0.6 is 15.9 Å². The van der Waals surface area contributed by atoms with E-state index in [1.54, 1.807) is 17.1 Å². The van der Waals surface area contributed by atoms with Gasteiger partial charge in [0, 0.05) is 23.1 Å². The van der Waals surface area contributed by atoms with Crippen molar-refractivity contribution in [2.24, 2.45) is 5.92 Å². The number of hydrazine groups is 1. The molecule has 0 radical (unpaired) electrons. The van der Waals surface area contributed by atoms with Crippen LogP contribution in [0.1, 0.15) is 35.3 Å². The number of carbonyl (C=O) groups is 1. The monoisotopic (exact) mass is 475 g/mol. The maximum Gasteiger partial charge on any atom is 0.269 e. The van der Waals surface area contributed by atoms with Crippen molar-refractivity contribution in [3.8, 4) is 6.07 Å². The minimum atomic E-state index is -0.594. The maximum absolute atomic E-state index is 13.7. The van der Waals surface area contributed by atoms with Gasteiger partial charge < -0.3 is 0 Å². The number of benzene rings is 3. The Hall–Kier alpha value is -2.94. The average Bonchev–Trinajstić information content (AvgIpc) is 2.78. The van der Waals surface area contributed by atoms with Crippen LogP contribution < -0.4 is 0 Å². The third-order valence-electron chi connectivity index (χ3n) is 5.05. The van der Waals surface area contributed by atoms with E-state index >= 15 is 0 Å². The number of carbonyl (C=O) groups excluding carboxylic acids is 1. The summed E-state index contributed by atoms with van der Waals surface area (Å²) in [5.74, 6) is -0.210. The molecule has 158 valence electrons. The lowest BCUT2D eigenvalue weighted by Crippen LogP contribution is -2.52. The molecule has 31 heavy (non-hydrogen) atoms. The Balaban J connectivity index is 2.05. The second-order valence-corrected chi connectivity index (χ2v) is 8.68. The van der Waals surface area contributed by atoms with E-state index in [1.165, 1.54) is 0 Å². The number of nitriles is 1. The van der Waals surface area contributed by atoms with Crippen molar-refractivity contribution in [2.45, 2.75) is 33.0 Å². The third-order valence-corrected chi connectivity index (χ3v) is 5.58. The number of rotatable bonds is 8. The normalized spacial score (nSPS) is 11.9. The Labute approximate surface area is 192 Å². The van der Waals surface area contributed by atoms with Gasteiger partial charge >= 0.3 is 0 Å². The van der Waals surface area contributed by atoms with E-state index in [0.717, 1.165) is 15.6 Å². The highest BCUT2D eigenvalue weighted by atomic mass is 79.9. The molecular formula is C26H26BrN3O. The van der Waals surface area contributed by atoms with Crippen LogP contribution in [-0.2, 0) is 13.1 Å². The summed E-state index contributed by atoms with van der Waals surface area (Å²) in [6, 6.07) is 29.1. The van der Waals surface area contributed by atoms with Crippen LogP contribution in [0.2, 0.25) is 0 Å². The van der Waals surface area contributed by atoms with Crippen LogP contribution in [-0.4, -0.2) is 22.0 Å². The van der Waals surface area contributed by atoms with Crippen LogP contribution in [0.15, 0.2) is 89.4 Å². The van der Waals surface area contributed by atoms with E-state index in [4.69, 9.17) is 0 Å². The van der Waals surface area contributed by atoms with Crippen molar-refractivity contribution in [1.82, 2.24) is 10.0 Å². The third kappa shape index (κ3) is 6.04. The van der Waals surface area contributed by atoms with Crippen LogP contribution in [0.5, 0.6) is 0 Å². The van der Waals surface area contributed by atoms with Crippen molar-refractivity contribution in [1.29, 1.82) is 5.26 Å². The lowest BCUT2D eigenvalue weighted by Gasteiger charge is -2.39. The molecule has 4 nitrogen and oxygen atoms in total. The van der Waals surface area contributed by atoms with Crippen LogP contribution in [0, 0.1) is 17.2 Å². The molecule has 3 aromatic carbocycles. The number of nitrogens with zero attached hydrogens (tertiary/aromatic N) is 3. The first kappa shape index (κ1) is 22.7. The number of amides is 1. The number of halogens is 1. The molecule has 0 aliphatic carbocycles. The van der Waals surface area contributed by atoms with E-state index in [1.807, 2.05) is 91.7 Å². The fourth-order valence-electron chi connectivity index (χ4n) is 3.44. The minimum Gasteiger partial charge on any atom is -0.268 e. The summed E-state index contributed by atoms with van der Waals surface area (Å²) in [4.78, 5) is 13.7. The first-order valence-corrected chi connectivity index (χ1v) is 11.1. The first-order chi connectivity index (χ1) is 15.0. The molecule has 3 aromatic rings. The van der Waals surface area contributed by atoms with Crippen molar-refractivity contribution < 1.29 is 4.79 Å². The molecule has 0 fully saturated rings. The van der Waals surface area contributed by atoms with E-state index < -0.39 is 6.04 Å². The maximum atomic E-state index is 13.7. The zero-order valence-corrected chi connectivity index (χ0v) is 19.4. The quantitative estimate of drug-likeness (QED) is 0.372. The molecular weight excluding hydrogens is 450 g/mol. The predicted octanol–water partition coefficient (Wildman–Crippen LogP) is 6.06. The predicted molar refractivity (Wildman–Crippen MR) is 127 cm³/mol. The van der Waals surface area contributed by atoms with Crippen molar-refractivity contribution in [3.05, 3.63) is 106 Å². The van der Waals surface area contributed by atoms with Gasteiger partial charge in [-0.15, -0.1) is 0 Å². The van der Waals surface area contributed by atoms with E-state index in [2.05, 4.69) is 22.0 Å². The summed E-state index contributed by atoms with van der Waals surface area (Å²) in [7, 11) is 0. The van der Waals surface area contributed by atoms with Crippen molar-refractivity contribution in [3.63, 3.8) is 0 Å². The lowest BCUT2D eigenvalue weighted by molar-refractivity contribution is -0.0457. The van der Waals surface area contributed by atoms with Gasteiger partial charge in [0.05, 0.1) is 6.07 Å². The lowest BCUT2D eigenvalue weighted by atomic mass is 10.0. The molecule has 0 N–H and O–H groups in total. The van der Waals surface area contributed by atoms with Gasteiger partial charge in [0.1, 0.15) is 6.04 Å². The smallest absolute Gasteiger partial charge is 0.268 e. The second-order valence-electron chi connectivity index (χ2n) is 7.77. The highest BCUT2D eigenvalue weighted by molar-refractivity contribution is 9.10. The van der Waals surface area contributed by atoms with Crippen LogP contribution in [0.3, 0.4) is 0 Å². The largest absolute Gasteiger partial charge is 0.269 e. The summed E-state index contributed by atoms with van der Waals surface area (Å²) < 4.78 is 0.904. The molecule has 1 atom stereocenters. The van der Waals surface area contributed by atoms with E-state index in [-0.39, 0.29) is 11.8 Å². The molecule has 3 rings (SSSR count). The fourth-order valence-corrected chi connectivity index (χ4v) is 3.70. The number of hydrogen-bond acceptors (Lipinski definition) is 3.